The molecule has 18 heavy (non-hydrogen) atoms. The van der Waals surface area contributed by atoms with Gasteiger partial charge in [0.25, 0.3) is 0 Å². The fourth-order valence-corrected chi connectivity index (χ4v) is 3.14. The van der Waals surface area contributed by atoms with Crippen LogP contribution < -0.4 is 5.32 Å². The standard InChI is InChI=1S/C12H8ClN3S2/c13-9-5-7-11(8-3-1-2-4-14-8)15-6-10(17)16-12(7)18-9/h1-5H,6H2,(H,16,17). The van der Waals surface area contributed by atoms with Gasteiger partial charge in [-0.25, -0.2) is 0 Å². The Labute approximate surface area is 119 Å². The van der Waals surface area contributed by atoms with Crippen LogP contribution in [0.5, 0.6) is 0 Å². The van der Waals surface area contributed by atoms with Crippen molar-refractivity contribution in [2.45, 2.75) is 0 Å². The first kappa shape index (κ1) is 11.8. The molecule has 3 nitrogen and oxygen atoms in total. The third-order valence-electron chi connectivity index (χ3n) is 2.50. The lowest BCUT2D eigenvalue weighted by Gasteiger charge is -2.03. The van der Waals surface area contributed by atoms with Gasteiger partial charge >= 0.3 is 0 Å². The highest BCUT2D eigenvalue weighted by Gasteiger charge is 2.19. The number of rotatable bonds is 1. The summed E-state index contributed by atoms with van der Waals surface area (Å²) in [6, 6.07) is 7.65. The molecule has 0 radical (unpaired) electrons. The summed E-state index contributed by atoms with van der Waals surface area (Å²) < 4.78 is 0.709. The summed E-state index contributed by atoms with van der Waals surface area (Å²) >= 11 is 12.7. The molecule has 0 saturated heterocycles. The van der Waals surface area contributed by atoms with Crippen molar-refractivity contribution in [3.8, 4) is 0 Å². The van der Waals surface area contributed by atoms with Crippen LogP contribution in [0.15, 0.2) is 35.5 Å². The smallest absolute Gasteiger partial charge is 0.104 e. The van der Waals surface area contributed by atoms with Gasteiger partial charge in [-0.3, -0.25) is 9.98 Å². The van der Waals surface area contributed by atoms with Crippen molar-refractivity contribution < 1.29 is 0 Å². The second-order valence-corrected chi connectivity index (χ2v) is 5.90. The maximum atomic E-state index is 6.06. The Morgan fingerprint density at radius 3 is 3.06 bits per heavy atom. The average Bonchev–Trinajstić information content (AvgIpc) is 2.64. The first-order chi connectivity index (χ1) is 8.74. The van der Waals surface area contributed by atoms with Crippen LogP contribution in [0.3, 0.4) is 0 Å². The van der Waals surface area contributed by atoms with Gasteiger partial charge in [-0.1, -0.05) is 29.9 Å². The van der Waals surface area contributed by atoms with Crippen LogP contribution in [-0.2, 0) is 0 Å². The quantitative estimate of drug-likeness (QED) is 0.819. The number of halogens is 1. The number of aromatic nitrogens is 1. The molecule has 2 aromatic heterocycles. The lowest BCUT2D eigenvalue weighted by molar-refractivity contribution is 1.25. The Morgan fingerprint density at radius 2 is 2.28 bits per heavy atom. The van der Waals surface area contributed by atoms with Crippen LogP contribution in [0, 0.1) is 0 Å². The summed E-state index contributed by atoms with van der Waals surface area (Å²) in [4.78, 5) is 9.56. The van der Waals surface area contributed by atoms with Gasteiger partial charge in [-0.05, 0) is 18.2 Å². The topological polar surface area (TPSA) is 37.3 Å². The van der Waals surface area contributed by atoms with E-state index in [9.17, 15) is 0 Å². The molecule has 0 unspecified atom stereocenters. The first-order valence-electron chi connectivity index (χ1n) is 5.29. The minimum atomic E-state index is 0.472. The molecule has 1 N–H and O–H groups in total. The molecule has 0 atom stereocenters. The van der Waals surface area contributed by atoms with E-state index in [1.165, 1.54) is 11.3 Å². The Hall–Kier alpha value is -1.30. The Balaban J connectivity index is 2.16. The Kier molecular flexibility index (Phi) is 3.11. The second kappa shape index (κ2) is 4.76. The maximum absolute atomic E-state index is 6.06. The van der Waals surface area contributed by atoms with Gasteiger partial charge in [-0.2, -0.15) is 0 Å². The van der Waals surface area contributed by atoms with Gasteiger partial charge in [0.05, 0.1) is 22.3 Å². The summed E-state index contributed by atoms with van der Waals surface area (Å²) in [5, 5.41) is 4.10. The summed E-state index contributed by atoms with van der Waals surface area (Å²) in [5.41, 5.74) is 2.63. The zero-order valence-electron chi connectivity index (χ0n) is 9.18. The summed E-state index contributed by atoms with van der Waals surface area (Å²) in [6.07, 6.45) is 1.75. The largest absolute Gasteiger partial charge is 0.340 e. The highest BCUT2D eigenvalue weighted by Crippen LogP contribution is 2.34. The van der Waals surface area contributed by atoms with Crippen LogP contribution in [0.4, 0.5) is 5.00 Å². The normalized spacial score (nSPS) is 14.5. The Bertz CT molecular complexity index is 634. The molecule has 3 rings (SSSR count). The van der Waals surface area contributed by atoms with E-state index in [2.05, 4.69) is 15.3 Å². The van der Waals surface area contributed by atoms with E-state index in [0.717, 1.165) is 22.0 Å². The first-order valence-corrected chi connectivity index (χ1v) is 6.90. The Morgan fingerprint density at radius 1 is 1.39 bits per heavy atom. The summed E-state index contributed by atoms with van der Waals surface area (Å²) in [7, 11) is 0. The number of hydrogen-bond donors (Lipinski definition) is 1. The highest BCUT2D eigenvalue weighted by atomic mass is 35.5. The molecular weight excluding hydrogens is 286 g/mol. The van der Waals surface area contributed by atoms with E-state index in [1.807, 2.05) is 24.3 Å². The fourth-order valence-electron chi connectivity index (χ4n) is 1.75. The van der Waals surface area contributed by atoms with Gasteiger partial charge in [0.2, 0.25) is 0 Å². The van der Waals surface area contributed by atoms with Crippen molar-refractivity contribution in [2.24, 2.45) is 4.99 Å². The minimum Gasteiger partial charge on any atom is -0.340 e. The van der Waals surface area contributed by atoms with Crippen LogP contribution in [0.1, 0.15) is 11.3 Å². The number of pyridine rings is 1. The van der Waals surface area contributed by atoms with E-state index in [4.69, 9.17) is 23.8 Å². The van der Waals surface area contributed by atoms with Gasteiger partial charge in [0.15, 0.2) is 0 Å². The zero-order chi connectivity index (χ0) is 12.5. The summed E-state index contributed by atoms with van der Waals surface area (Å²) in [5.74, 6) is 0. The number of hydrogen-bond acceptors (Lipinski definition) is 4. The van der Waals surface area contributed by atoms with Crippen LogP contribution in [0.25, 0.3) is 0 Å². The maximum Gasteiger partial charge on any atom is 0.104 e. The number of aliphatic imine (C=N–C) groups is 1. The summed E-state index contributed by atoms with van der Waals surface area (Å²) in [6.45, 7) is 0.472. The lowest BCUT2D eigenvalue weighted by Crippen LogP contribution is -2.09. The highest BCUT2D eigenvalue weighted by molar-refractivity contribution is 7.80. The van der Waals surface area contributed by atoms with Crippen molar-refractivity contribution >= 4 is 50.9 Å². The lowest BCUT2D eigenvalue weighted by atomic mass is 10.1. The number of thiophene rings is 1. The third kappa shape index (κ3) is 2.16. The predicted molar refractivity (Wildman–Crippen MR) is 80.3 cm³/mol. The molecular formula is C12H8ClN3S2. The second-order valence-electron chi connectivity index (χ2n) is 3.72. The molecule has 0 saturated carbocycles. The number of nitrogens with zero attached hydrogens (tertiary/aromatic N) is 2. The molecule has 1 aliphatic heterocycles. The molecule has 0 amide bonds. The molecule has 3 heterocycles. The SMILES string of the molecule is S=C1CN=C(c2ccccn2)c2cc(Cl)sc2N1. The molecule has 2 aromatic rings. The minimum absolute atomic E-state index is 0.472. The van der Waals surface area contributed by atoms with Crippen molar-refractivity contribution in [1.29, 1.82) is 0 Å². The van der Waals surface area contributed by atoms with E-state index < -0.39 is 0 Å². The van der Waals surface area contributed by atoms with E-state index in [-0.39, 0.29) is 0 Å². The number of nitrogens with one attached hydrogen (secondary N) is 1. The monoisotopic (exact) mass is 293 g/mol. The molecule has 0 aromatic carbocycles. The molecule has 0 spiro atoms. The average molecular weight is 294 g/mol. The third-order valence-corrected chi connectivity index (χ3v) is 3.91. The van der Waals surface area contributed by atoms with Gasteiger partial charge < -0.3 is 5.32 Å². The molecule has 0 fully saturated rings. The van der Waals surface area contributed by atoms with Crippen LogP contribution in [-0.4, -0.2) is 22.2 Å². The van der Waals surface area contributed by atoms with Crippen LogP contribution in [0.2, 0.25) is 4.34 Å². The molecule has 1 aliphatic rings. The van der Waals surface area contributed by atoms with Crippen LogP contribution >= 0.6 is 35.2 Å². The molecule has 90 valence electrons. The van der Waals surface area contributed by atoms with Crippen molar-refractivity contribution in [3.63, 3.8) is 0 Å². The van der Waals surface area contributed by atoms with Gasteiger partial charge in [0, 0.05) is 11.8 Å². The van der Waals surface area contributed by atoms with Crippen molar-refractivity contribution in [3.05, 3.63) is 46.1 Å². The van der Waals surface area contributed by atoms with Gasteiger partial charge in [-0.15, -0.1) is 11.3 Å². The van der Waals surface area contributed by atoms with E-state index >= 15 is 0 Å². The van der Waals surface area contributed by atoms with Gasteiger partial charge in [0.1, 0.15) is 9.99 Å². The van der Waals surface area contributed by atoms with Crippen molar-refractivity contribution in [1.82, 2.24) is 4.98 Å². The number of fused-ring (bicyclic) bond motifs is 1. The molecule has 0 bridgehead atoms. The predicted octanol–water partition coefficient (Wildman–Crippen LogP) is 3.39. The van der Waals surface area contributed by atoms with E-state index in [0.29, 0.717) is 15.9 Å². The fraction of sp³-hybridized carbons (Fsp3) is 0.0833. The van der Waals surface area contributed by atoms with Crippen molar-refractivity contribution in [2.75, 3.05) is 11.9 Å². The van der Waals surface area contributed by atoms with E-state index in [1.54, 1.807) is 6.20 Å². The number of anilines is 1. The number of thiocarbonyl (C=S) groups is 1. The zero-order valence-corrected chi connectivity index (χ0v) is 11.6. The molecule has 6 heteroatoms. The molecule has 0 aliphatic carbocycles.